The lowest BCUT2D eigenvalue weighted by Gasteiger charge is -2.41. The maximum Gasteiger partial charge on any atom is 0.270 e. The molecule has 370 valence electrons. The summed E-state index contributed by atoms with van der Waals surface area (Å²) < 4.78 is 12.2. The average molecular weight is 959 g/mol. The van der Waals surface area contributed by atoms with Gasteiger partial charge in [-0.25, -0.2) is 4.98 Å². The first-order valence-electron chi connectivity index (χ1n) is 23.3. The van der Waals surface area contributed by atoms with Crippen molar-refractivity contribution in [2.75, 3.05) is 60.7 Å². The quantitative estimate of drug-likeness (QED) is 0.0636. The molecule has 0 unspecified atom stereocenters. The van der Waals surface area contributed by atoms with Crippen molar-refractivity contribution < 1.29 is 38.2 Å². The summed E-state index contributed by atoms with van der Waals surface area (Å²) in [4.78, 5) is 91.4. The zero-order valence-corrected chi connectivity index (χ0v) is 43.0. The van der Waals surface area contributed by atoms with E-state index in [-0.39, 0.29) is 72.5 Å². The minimum Gasteiger partial charge on any atom is -0.379 e. The number of nitrogens with one attached hydrogen (secondary N) is 4. The van der Waals surface area contributed by atoms with E-state index in [9.17, 15) is 28.8 Å². The van der Waals surface area contributed by atoms with Crippen LogP contribution in [0.2, 0.25) is 0 Å². The lowest BCUT2D eigenvalue weighted by molar-refractivity contribution is -0.148. The fourth-order valence-corrected chi connectivity index (χ4v) is 10.0. The van der Waals surface area contributed by atoms with Gasteiger partial charge in [-0.15, -0.1) is 11.3 Å². The van der Waals surface area contributed by atoms with Gasteiger partial charge in [-0.2, -0.15) is 12.6 Å². The van der Waals surface area contributed by atoms with Crippen LogP contribution < -0.4 is 21.3 Å². The molecule has 1 aliphatic heterocycles. The van der Waals surface area contributed by atoms with Gasteiger partial charge < -0.3 is 40.5 Å². The van der Waals surface area contributed by atoms with Gasteiger partial charge in [0.15, 0.2) is 0 Å². The number of rotatable bonds is 27. The summed E-state index contributed by atoms with van der Waals surface area (Å²) in [6, 6.07) is 7.03. The maximum absolute atomic E-state index is 14.5. The molecule has 16 nitrogen and oxygen atoms in total. The summed E-state index contributed by atoms with van der Waals surface area (Å²) in [5.41, 5.74) is 1.17. The second-order valence-electron chi connectivity index (χ2n) is 18.4. The van der Waals surface area contributed by atoms with Gasteiger partial charge >= 0.3 is 0 Å². The molecule has 1 fully saturated rings. The Morgan fingerprint density at radius 2 is 1.58 bits per heavy atom. The molecule has 0 radical (unpaired) electrons. The molecule has 2 aromatic rings. The van der Waals surface area contributed by atoms with Crippen LogP contribution in [0.3, 0.4) is 0 Å². The summed E-state index contributed by atoms with van der Waals surface area (Å²) in [5.74, 6) is -1.92. The summed E-state index contributed by atoms with van der Waals surface area (Å²) in [5, 5.41) is 14.0. The predicted molar refractivity (Wildman–Crippen MR) is 262 cm³/mol. The molecular formula is C48H78N8O8S2. The van der Waals surface area contributed by atoms with Crippen LogP contribution in [0.1, 0.15) is 108 Å². The molecule has 1 saturated heterocycles. The molecule has 66 heavy (non-hydrogen) atoms. The first kappa shape index (κ1) is 56.2. The molecule has 18 heteroatoms. The van der Waals surface area contributed by atoms with Gasteiger partial charge in [-0.1, -0.05) is 85.2 Å². The predicted octanol–water partition coefficient (Wildman–Crippen LogP) is 4.36. The van der Waals surface area contributed by atoms with Crippen molar-refractivity contribution in [3.63, 3.8) is 0 Å². The molecule has 0 aliphatic carbocycles. The number of aromatic nitrogens is 1. The second kappa shape index (κ2) is 27.6. The number of ether oxygens (including phenoxy) is 2. The van der Waals surface area contributed by atoms with Crippen LogP contribution in [-0.2, 0) is 39.9 Å². The summed E-state index contributed by atoms with van der Waals surface area (Å²) >= 11 is 5.34. The van der Waals surface area contributed by atoms with Crippen LogP contribution in [-0.4, -0.2) is 152 Å². The third kappa shape index (κ3) is 15.7. The van der Waals surface area contributed by atoms with E-state index in [2.05, 4.69) is 38.9 Å². The molecular weight excluding hydrogens is 881 g/mol. The maximum atomic E-state index is 14.5. The normalized spacial score (nSPS) is 17.6. The SMILES string of the molecule is CC[C@H](C)[C@@H]([C@@H](CC(=O)N1CCC[C@H]1[C@H](OC)[C@@H](C)C(=O)N[C@@H](Cc1ccccc1)c1nc(C(=O)NCCNC(=O)CCS)cs1)OC)N(C)C(=O)[C@@H](NC(=O)[C@H](C(C)C)N(C)C)C(C)C. The van der Waals surface area contributed by atoms with Crippen molar-refractivity contribution in [3.05, 3.63) is 52.0 Å². The lowest BCUT2D eigenvalue weighted by Crippen LogP contribution is -2.59. The number of thiazole rings is 1. The molecule has 6 amide bonds. The number of amides is 6. The fraction of sp³-hybridized carbons (Fsp3) is 0.688. The Morgan fingerprint density at radius 1 is 0.909 bits per heavy atom. The zero-order valence-electron chi connectivity index (χ0n) is 41.3. The number of likely N-dealkylation sites (tertiary alicyclic amines) is 1. The number of hydrogen-bond donors (Lipinski definition) is 5. The van der Waals surface area contributed by atoms with Crippen molar-refractivity contribution in [1.29, 1.82) is 0 Å². The molecule has 2 heterocycles. The molecule has 0 spiro atoms. The van der Waals surface area contributed by atoms with Crippen LogP contribution in [0.5, 0.6) is 0 Å². The van der Waals surface area contributed by atoms with E-state index in [1.54, 1.807) is 43.4 Å². The highest BCUT2D eigenvalue weighted by molar-refractivity contribution is 7.80. The van der Waals surface area contributed by atoms with Crippen molar-refractivity contribution in [2.24, 2.45) is 23.7 Å². The summed E-state index contributed by atoms with van der Waals surface area (Å²) in [6.07, 6.45) is 1.46. The molecule has 1 aliphatic rings. The zero-order chi connectivity index (χ0) is 49.2. The number of benzene rings is 1. The van der Waals surface area contributed by atoms with Crippen LogP contribution >= 0.6 is 24.0 Å². The number of nitrogens with zero attached hydrogens (tertiary/aromatic N) is 4. The Labute approximate surface area is 402 Å². The third-order valence-electron chi connectivity index (χ3n) is 12.7. The highest BCUT2D eigenvalue weighted by atomic mass is 32.1. The van der Waals surface area contributed by atoms with Gasteiger partial charge in [0.2, 0.25) is 29.5 Å². The minimum atomic E-state index is -0.786. The highest BCUT2D eigenvalue weighted by Gasteiger charge is 2.43. The van der Waals surface area contributed by atoms with Gasteiger partial charge in [0.1, 0.15) is 16.7 Å². The van der Waals surface area contributed by atoms with Crippen molar-refractivity contribution >= 4 is 59.4 Å². The van der Waals surface area contributed by atoms with Gasteiger partial charge in [-0.05, 0) is 62.4 Å². The van der Waals surface area contributed by atoms with E-state index in [4.69, 9.17) is 9.47 Å². The number of carbonyl (C=O) groups is 6. The Hall–Kier alpha value is -4.10. The molecule has 1 aromatic carbocycles. The first-order chi connectivity index (χ1) is 31.3. The molecule has 3 rings (SSSR count). The number of thiol groups is 1. The second-order valence-corrected chi connectivity index (χ2v) is 19.7. The van der Waals surface area contributed by atoms with Crippen molar-refractivity contribution in [3.8, 4) is 0 Å². The van der Waals surface area contributed by atoms with E-state index < -0.39 is 54.2 Å². The first-order valence-corrected chi connectivity index (χ1v) is 24.9. The number of hydrogen-bond acceptors (Lipinski definition) is 12. The average Bonchev–Trinajstić information content (AvgIpc) is 3.98. The van der Waals surface area contributed by atoms with Gasteiger partial charge in [0.05, 0.1) is 48.7 Å². The number of likely N-dealkylation sites (N-methyl/N-ethyl adjacent to an activating group) is 2. The Balaban J connectivity index is 1.80. The smallest absolute Gasteiger partial charge is 0.270 e. The van der Waals surface area contributed by atoms with Gasteiger partial charge in [-0.3, -0.25) is 33.7 Å². The van der Waals surface area contributed by atoms with Crippen LogP contribution in [0, 0.1) is 23.7 Å². The largest absolute Gasteiger partial charge is 0.379 e. The van der Waals surface area contributed by atoms with Crippen LogP contribution in [0.15, 0.2) is 35.7 Å². The summed E-state index contributed by atoms with van der Waals surface area (Å²) in [6.45, 7) is 14.6. The monoisotopic (exact) mass is 959 g/mol. The van der Waals surface area contributed by atoms with Gasteiger partial charge in [0, 0.05) is 52.7 Å². The van der Waals surface area contributed by atoms with Crippen molar-refractivity contribution in [2.45, 2.75) is 129 Å². The summed E-state index contributed by atoms with van der Waals surface area (Å²) in [7, 11) is 8.54. The topological polar surface area (TPSA) is 192 Å². The van der Waals surface area contributed by atoms with Crippen LogP contribution in [0.25, 0.3) is 0 Å². The lowest BCUT2D eigenvalue weighted by atomic mass is 9.89. The third-order valence-corrected chi connectivity index (χ3v) is 13.9. The molecule has 0 saturated carbocycles. The van der Waals surface area contributed by atoms with E-state index in [1.807, 2.05) is 90.9 Å². The Kier molecular flexibility index (Phi) is 23.6. The van der Waals surface area contributed by atoms with Gasteiger partial charge in [0.25, 0.3) is 5.91 Å². The van der Waals surface area contributed by atoms with E-state index in [0.29, 0.717) is 43.0 Å². The van der Waals surface area contributed by atoms with E-state index >= 15 is 0 Å². The minimum absolute atomic E-state index is 0.00476. The molecule has 1 aromatic heterocycles. The van der Waals surface area contributed by atoms with E-state index in [0.717, 1.165) is 12.0 Å². The standard InChI is InChI=1S/C48H78N8O8S2/c1-13-31(6)42(55(10)48(62)40(29(2)3)53-46(61)41(30(4)5)54(8)9)37(63-11)27-39(58)56-24-17-20-36(56)43(64-12)32(7)44(59)51-34(26-33-18-15-14-16-19-33)47-52-35(28-66-47)45(60)50-23-22-49-38(57)21-25-65/h14-16,18-19,28-32,34,36-37,40-43,65H,13,17,20-27H2,1-12H3,(H,49,57)(H,50,60)(H,51,59)(H,53,61)/t31-,32+,34-,36-,37+,40-,41-,42-,43+/m0/s1. The highest BCUT2D eigenvalue weighted by Crippen LogP contribution is 2.31. The Bertz CT molecular complexity index is 1860. The van der Waals surface area contributed by atoms with Crippen LogP contribution in [0.4, 0.5) is 0 Å². The Morgan fingerprint density at radius 3 is 2.15 bits per heavy atom. The van der Waals surface area contributed by atoms with E-state index in [1.165, 1.54) is 11.3 Å². The van der Waals surface area contributed by atoms with Crippen molar-refractivity contribution in [1.82, 2.24) is 41.0 Å². The fourth-order valence-electron chi connectivity index (χ4n) is 8.97. The molecule has 0 bridgehead atoms. The number of carbonyl (C=O) groups excluding carboxylic acids is 6. The molecule has 9 atom stereocenters. The number of methoxy groups -OCH3 is 2. The molecule has 4 N–H and O–H groups in total.